The number of carbonyl (C=O) groups excluding carboxylic acids is 1. The molecule has 0 aromatic carbocycles. The van der Waals surface area contributed by atoms with Crippen LogP contribution < -0.4 is 0 Å². The number of ether oxygens (including phenoxy) is 1. The molecule has 0 saturated carbocycles. The molecule has 0 bridgehead atoms. The average Bonchev–Trinajstić information content (AvgIpc) is 1.86. The first kappa shape index (κ1) is 10.4. The third-order valence-electron chi connectivity index (χ3n) is 1.39. The van der Waals surface area contributed by atoms with E-state index in [1.54, 1.807) is 20.8 Å². The number of hydrogen-bond acceptors (Lipinski definition) is 3. The second-order valence-corrected chi connectivity index (χ2v) is 3.06. The number of aliphatic hydroxyl groups is 1. The first-order valence-corrected chi connectivity index (χ1v) is 3.84. The normalized spacial score (nSPS) is 11.3. The molecule has 3 heteroatoms. The van der Waals surface area contributed by atoms with Crippen LogP contribution in [0.2, 0.25) is 0 Å². The summed E-state index contributed by atoms with van der Waals surface area (Å²) in [7, 11) is 0. The maximum atomic E-state index is 10.8. The third-order valence-corrected chi connectivity index (χ3v) is 1.39. The zero-order valence-corrected chi connectivity index (χ0v) is 7.39. The van der Waals surface area contributed by atoms with Crippen LogP contribution in [-0.2, 0) is 9.53 Å². The van der Waals surface area contributed by atoms with Crippen LogP contribution >= 0.6 is 0 Å². The number of aliphatic hydroxyl groups excluding tert-OH is 1. The van der Waals surface area contributed by atoms with Crippen LogP contribution in [0.3, 0.4) is 0 Å². The Morgan fingerprint density at radius 1 is 1.55 bits per heavy atom. The molecule has 0 aliphatic carbocycles. The minimum Gasteiger partial charge on any atom is -0.460 e. The van der Waals surface area contributed by atoms with Crippen molar-refractivity contribution in [1.29, 1.82) is 0 Å². The molecule has 0 amide bonds. The molecule has 0 rings (SSSR count). The van der Waals surface area contributed by atoms with Gasteiger partial charge >= 0.3 is 5.97 Å². The first-order valence-electron chi connectivity index (χ1n) is 3.84. The molecular weight excluding hydrogens is 144 g/mol. The van der Waals surface area contributed by atoms with Gasteiger partial charge in [-0.05, 0) is 13.8 Å². The lowest BCUT2D eigenvalue weighted by molar-refractivity contribution is -0.157. The van der Waals surface area contributed by atoms with E-state index in [0.717, 1.165) is 0 Å². The molecular formula is C8H16O3. The van der Waals surface area contributed by atoms with Crippen LogP contribution in [0.5, 0.6) is 0 Å². The molecule has 0 radical (unpaired) electrons. The van der Waals surface area contributed by atoms with Crippen molar-refractivity contribution >= 4 is 5.97 Å². The van der Waals surface area contributed by atoms with Crippen LogP contribution in [0.15, 0.2) is 0 Å². The van der Waals surface area contributed by atoms with Crippen molar-refractivity contribution in [3.05, 3.63) is 0 Å². The van der Waals surface area contributed by atoms with Gasteiger partial charge in [0.1, 0.15) is 5.60 Å². The van der Waals surface area contributed by atoms with E-state index in [0.29, 0.717) is 12.8 Å². The Morgan fingerprint density at radius 3 is 2.45 bits per heavy atom. The molecule has 11 heavy (non-hydrogen) atoms. The summed E-state index contributed by atoms with van der Waals surface area (Å²) < 4.78 is 5.03. The van der Waals surface area contributed by atoms with Crippen molar-refractivity contribution in [2.45, 2.75) is 39.2 Å². The molecule has 3 nitrogen and oxygen atoms in total. The fraction of sp³-hybridized carbons (Fsp3) is 0.875. The molecule has 0 heterocycles. The summed E-state index contributed by atoms with van der Waals surface area (Å²) >= 11 is 0. The Labute approximate surface area is 67.4 Å². The van der Waals surface area contributed by atoms with E-state index in [1.807, 2.05) is 0 Å². The Bertz CT molecular complexity index is 129. The topological polar surface area (TPSA) is 46.5 Å². The van der Waals surface area contributed by atoms with Gasteiger partial charge in [-0.1, -0.05) is 6.92 Å². The monoisotopic (exact) mass is 160 g/mol. The predicted octanol–water partition coefficient (Wildman–Crippen LogP) is 1.10. The minimum absolute atomic E-state index is 0.0456. The predicted molar refractivity (Wildman–Crippen MR) is 42.2 cm³/mol. The van der Waals surface area contributed by atoms with Crippen LogP contribution in [-0.4, -0.2) is 23.3 Å². The van der Waals surface area contributed by atoms with Gasteiger partial charge in [0, 0.05) is 19.4 Å². The van der Waals surface area contributed by atoms with Gasteiger partial charge in [-0.2, -0.15) is 0 Å². The molecule has 0 aliphatic rings. The zero-order valence-electron chi connectivity index (χ0n) is 7.39. The van der Waals surface area contributed by atoms with Gasteiger partial charge in [0.15, 0.2) is 0 Å². The molecule has 0 spiro atoms. The summed E-state index contributed by atoms with van der Waals surface area (Å²) in [5.41, 5.74) is -0.526. The van der Waals surface area contributed by atoms with Crippen LogP contribution in [0.1, 0.15) is 33.6 Å². The second-order valence-electron chi connectivity index (χ2n) is 3.06. The number of rotatable bonds is 4. The fourth-order valence-corrected chi connectivity index (χ4v) is 0.701. The van der Waals surface area contributed by atoms with Crippen LogP contribution in [0.4, 0.5) is 0 Å². The molecule has 0 unspecified atom stereocenters. The number of esters is 1. The SMILES string of the molecule is CCC(=O)OC(C)(C)CCO. The maximum absolute atomic E-state index is 10.8. The highest BCUT2D eigenvalue weighted by Crippen LogP contribution is 2.14. The Kier molecular flexibility index (Phi) is 4.11. The van der Waals surface area contributed by atoms with Crippen LogP contribution in [0.25, 0.3) is 0 Å². The molecule has 0 aromatic rings. The summed E-state index contributed by atoms with van der Waals surface area (Å²) in [6, 6.07) is 0. The molecule has 0 aromatic heterocycles. The Balaban J connectivity index is 3.80. The highest BCUT2D eigenvalue weighted by atomic mass is 16.6. The van der Waals surface area contributed by atoms with E-state index >= 15 is 0 Å². The maximum Gasteiger partial charge on any atom is 0.306 e. The molecule has 66 valence electrons. The van der Waals surface area contributed by atoms with Gasteiger partial charge in [-0.3, -0.25) is 4.79 Å². The Morgan fingerprint density at radius 2 is 2.09 bits per heavy atom. The van der Waals surface area contributed by atoms with Crippen molar-refractivity contribution in [3.8, 4) is 0 Å². The standard InChI is InChI=1S/C8H16O3/c1-4-7(10)11-8(2,3)5-6-9/h9H,4-6H2,1-3H3. The highest BCUT2D eigenvalue weighted by Gasteiger charge is 2.20. The lowest BCUT2D eigenvalue weighted by atomic mass is 10.1. The summed E-state index contributed by atoms with van der Waals surface area (Å²) in [5, 5.41) is 8.60. The lowest BCUT2D eigenvalue weighted by Gasteiger charge is -2.23. The largest absolute Gasteiger partial charge is 0.460 e. The Hall–Kier alpha value is -0.570. The van der Waals surface area contributed by atoms with Crippen molar-refractivity contribution < 1.29 is 14.6 Å². The van der Waals surface area contributed by atoms with Gasteiger partial charge in [0.2, 0.25) is 0 Å². The fourth-order valence-electron chi connectivity index (χ4n) is 0.701. The van der Waals surface area contributed by atoms with Crippen molar-refractivity contribution in [2.75, 3.05) is 6.61 Å². The quantitative estimate of drug-likeness (QED) is 0.626. The van der Waals surface area contributed by atoms with E-state index in [4.69, 9.17) is 9.84 Å². The summed E-state index contributed by atoms with van der Waals surface area (Å²) in [5.74, 6) is -0.219. The lowest BCUT2D eigenvalue weighted by Crippen LogP contribution is -2.28. The van der Waals surface area contributed by atoms with Gasteiger partial charge in [0.25, 0.3) is 0 Å². The molecule has 0 atom stereocenters. The van der Waals surface area contributed by atoms with E-state index in [9.17, 15) is 4.79 Å². The van der Waals surface area contributed by atoms with Crippen molar-refractivity contribution in [2.24, 2.45) is 0 Å². The summed E-state index contributed by atoms with van der Waals surface area (Å²) in [6.45, 7) is 5.37. The molecule has 0 aliphatic heterocycles. The van der Waals surface area contributed by atoms with Gasteiger partial charge in [-0.25, -0.2) is 0 Å². The van der Waals surface area contributed by atoms with Crippen molar-refractivity contribution in [1.82, 2.24) is 0 Å². The molecule has 0 saturated heterocycles. The van der Waals surface area contributed by atoms with Crippen molar-refractivity contribution in [3.63, 3.8) is 0 Å². The highest BCUT2D eigenvalue weighted by molar-refractivity contribution is 5.69. The summed E-state index contributed by atoms with van der Waals surface area (Å²) in [4.78, 5) is 10.8. The summed E-state index contributed by atoms with van der Waals surface area (Å²) in [6.07, 6.45) is 0.869. The van der Waals surface area contributed by atoms with E-state index in [1.165, 1.54) is 0 Å². The second kappa shape index (κ2) is 4.34. The average molecular weight is 160 g/mol. The molecule has 1 N–H and O–H groups in total. The third kappa shape index (κ3) is 4.79. The van der Waals surface area contributed by atoms with Gasteiger partial charge < -0.3 is 9.84 Å². The number of carbonyl (C=O) groups is 1. The van der Waals surface area contributed by atoms with Gasteiger partial charge in [0.05, 0.1) is 0 Å². The van der Waals surface area contributed by atoms with Gasteiger partial charge in [-0.15, -0.1) is 0 Å². The first-order chi connectivity index (χ1) is 5.02. The zero-order chi connectivity index (χ0) is 8.91. The van der Waals surface area contributed by atoms with E-state index in [2.05, 4.69) is 0 Å². The number of hydrogen-bond donors (Lipinski definition) is 1. The van der Waals surface area contributed by atoms with E-state index < -0.39 is 5.60 Å². The molecule has 0 fully saturated rings. The smallest absolute Gasteiger partial charge is 0.306 e. The van der Waals surface area contributed by atoms with E-state index in [-0.39, 0.29) is 12.6 Å². The van der Waals surface area contributed by atoms with Crippen LogP contribution in [0, 0.1) is 0 Å². The minimum atomic E-state index is -0.526.